The first kappa shape index (κ1) is 22.8. The number of imidazole rings is 1. The average Bonchev–Trinajstić information content (AvgIpc) is 3.05. The Labute approximate surface area is 188 Å². The number of benzene rings is 2. The number of nitrogens with one attached hydrogen (secondary N) is 1. The predicted molar refractivity (Wildman–Crippen MR) is 124 cm³/mol. The number of hydrogen-bond acceptors (Lipinski definition) is 3. The Morgan fingerprint density at radius 2 is 1.68 bits per heavy atom. The second-order valence-electron chi connectivity index (χ2n) is 8.10. The molecule has 0 atom stereocenters. The Bertz CT molecular complexity index is 1050. The van der Waals surface area contributed by atoms with Crippen LogP contribution in [0, 0.1) is 0 Å². The van der Waals surface area contributed by atoms with E-state index in [4.69, 9.17) is 16.6 Å². The number of para-hydroxylation sites is 2. The maximum Gasteiger partial charge on any atom is 0.251 e. The van der Waals surface area contributed by atoms with Crippen LogP contribution in [0.15, 0.2) is 48.5 Å². The largest absolute Gasteiger partial charge is 0.352 e. The fourth-order valence-electron chi connectivity index (χ4n) is 3.87. The number of rotatable bonds is 8. The zero-order valence-corrected chi connectivity index (χ0v) is 19.2. The van der Waals surface area contributed by atoms with Gasteiger partial charge in [-0.25, -0.2) is 4.98 Å². The molecule has 0 radical (unpaired) electrons. The van der Waals surface area contributed by atoms with E-state index in [1.807, 2.05) is 61.4 Å². The molecule has 3 aromatic rings. The van der Waals surface area contributed by atoms with Gasteiger partial charge in [0.15, 0.2) is 0 Å². The lowest BCUT2D eigenvalue weighted by atomic mass is 10.2. The van der Waals surface area contributed by atoms with Gasteiger partial charge < -0.3 is 14.8 Å². The van der Waals surface area contributed by atoms with Gasteiger partial charge in [-0.2, -0.15) is 0 Å². The molecule has 0 saturated heterocycles. The third-order valence-electron chi connectivity index (χ3n) is 5.17. The molecule has 0 aliphatic carbocycles. The van der Waals surface area contributed by atoms with Crippen molar-refractivity contribution in [3.63, 3.8) is 0 Å². The highest BCUT2D eigenvalue weighted by Crippen LogP contribution is 2.18. The van der Waals surface area contributed by atoms with Gasteiger partial charge in [0.2, 0.25) is 5.91 Å². The number of fused-ring (bicyclic) bond motifs is 1. The van der Waals surface area contributed by atoms with Crippen molar-refractivity contribution in [2.45, 2.75) is 52.7 Å². The van der Waals surface area contributed by atoms with Crippen molar-refractivity contribution in [1.82, 2.24) is 19.8 Å². The lowest BCUT2D eigenvalue weighted by molar-refractivity contribution is -0.135. The van der Waals surface area contributed by atoms with Crippen LogP contribution in [0.4, 0.5) is 0 Å². The number of hydrogen-bond donors (Lipinski definition) is 1. The molecule has 1 N–H and O–H groups in total. The maximum atomic E-state index is 13.1. The predicted octanol–water partition coefficient (Wildman–Crippen LogP) is 4.31. The van der Waals surface area contributed by atoms with Gasteiger partial charge in [0.25, 0.3) is 5.91 Å². The highest BCUT2D eigenvalue weighted by Gasteiger charge is 2.22. The molecule has 6 nitrogen and oxygen atoms in total. The standard InChI is InChI=1S/C24H29ClN4O2/c1-16(2)29(17(3)4)23(30)15-28-21-8-6-5-7-20(21)27-22(28)13-14-26-24(31)18-9-11-19(25)12-10-18/h5-12,16-17H,13-15H2,1-4H3,(H,26,31). The monoisotopic (exact) mass is 440 g/mol. The Kier molecular flexibility index (Phi) is 7.33. The van der Waals surface area contributed by atoms with Crippen molar-refractivity contribution < 1.29 is 9.59 Å². The SMILES string of the molecule is CC(C)N(C(=O)Cn1c(CCNC(=O)c2ccc(Cl)cc2)nc2ccccc21)C(C)C. The van der Waals surface area contributed by atoms with Gasteiger partial charge >= 0.3 is 0 Å². The number of aromatic nitrogens is 2. The summed E-state index contributed by atoms with van der Waals surface area (Å²) in [4.78, 5) is 32.1. The summed E-state index contributed by atoms with van der Waals surface area (Å²) >= 11 is 5.89. The summed E-state index contributed by atoms with van der Waals surface area (Å²) in [5, 5.41) is 3.51. The molecule has 7 heteroatoms. The van der Waals surface area contributed by atoms with Crippen LogP contribution >= 0.6 is 11.6 Å². The van der Waals surface area contributed by atoms with Gasteiger partial charge in [0.1, 0.15) is 12.4 Å². The number of halogens is 1. The molecule has 31 heavy (non-hydrogen) atoms. The summed E-state index contributed by atoms with van der Waals surface area (Å²) in [7, 11) is 0. The summed E-state index contributed by atoms with van der Waals surface area (Å²) in [6.07, 6.45) is 0.518. The van der Waals surface area contributed by atoms with Gasteiger partial charge in [-0.1, -0.05) is 23.7 Å². The quantitative estimate of drug-likeness (QED) is 0.567. The molecule has 2 amide bonds. The first-order valence-electron chi connectivity index (χ1n) is 10.6. The second-order valence-corrected chi connectivity index (χ2v) is 8.54. The molecule has 2 aromatic carbocycles. The van der Waals surface area contributed by atoms with Crippen LogP contribution in [0.3, 0.4) is 0 Å². The third-order valence-corrected chi connectivity index (χ3v) is 5.42. The van der Waals surface area contributed by atoms with Crippen LogP contribution in [-0.2, 0) is 17.8 Å². The number of carbonyl (C=O) groups excluding carboxylic acids is 2. The van der Waals surface area contributed by atoms with E-state index in [1.54, 1.807) is 24.3 Å². The van der Waals surface area contributed by atoms with Crippen LogP contribution in [-0.4, -0.2) is 44.9 Å². The molecule has 0 aliphatic rings. The highest BCUT2D eigenvalue weighted by molar-refractivity contribution is 6.30. The van der Waals surface area contributed by atoms with E-state index in [0.717, 1.165) is 16.9 Å². The number of carbonyl (C=O) groups is 2. The van der Waals surface area contributed by atoms with Crippen molar-refractivity contribution in [3.8, 4) is 0 Å². The minimum Gasteiger partial charge on any atom is -0.352 e. The van der Waals surface area contributed by atoms with E-state index >= 15 is 0 Å². The third kappa shape index (κ3) is 5.44. The molecule has 0 fully saturated rings. The van der Waals surface area contributed by atoms with Crippen LogP contribution in [0.1, 0.15) is 43.9 Å². The van der Waals surface area contributed by atoms with E-state index < -0.39 is 0 Å². The number of nitrogens with zero attached hydrogens (tertiary/aromatic N) is 3. The first-order valence-corrected chi connectivity index (χ1v) is 10.9. The van der Waals surface area contributed by atoms with Crippen LogP contribution in [0.5, 0.6) is 0 Å². The van der Waals surface area contributed by atoms with E-state index in [0.29, 0.717) is 23.6 Å². The molecule has 0 bridgehead atoms. The van der Waals surface area contributed by atoms with Crippen molar-refractivity contribution in [3.05, 3.63) is 64.9 Å². The van der Waals surface area contributed by atoms with Crippen LogP contribution in [0.25, 0.3) is 11.0 Å². The zero-order valence-electron chi connectivity index (χ0n) is 18.4. The molecule has 3 rings (SSSR count). The minimum absolute atomic E-state index is 0.0552. The van der Waals surface area contributed by atoms with Crippen LogP contribution in [0.2, 0.25) is 5.02 Å². The van der Waals surface area contributed by atoms with Gasteiger partial charge in [-0.3, -0.25) is 9.59 Å². The topological polar surface area (TPSA) is 67.2 Å². The minimum atomic E-state index is -0.166. The fraction of sp³-hybridized carbons (Fsp3) is 0.375. The van der Waals surface area contributed by atoms with Crippen molar-refractivity contribution in [2.75, 3.05) is 6.54 Å². The Morgan fingerprint density at radius 3 is 2.32 bits per heavy atom. The molecule has 164 valence electrons. The van der Waals surface area contributed by atoms with Gasteiger partial charge in [-0.15, -0.1) is 0 Å². The van der Waals surface area contributed by atoms with Crippen molar-refractivity contribution in [2.24, 2.45) is 0 Å². The fourth-order valence-corrected chi connectivity index (χ4v) is 4.00. The summed E-state index contributed by atoms with van der Waals surface area (Å²) in [6, 6.07) is 14.8. The van der Waals surface area contributed by atoms with E-state index in [1.165, 1.54) is 0 Å². The van der Waals surface area contributed by atoms with E-state index in [2.05, 4.69) is 5.32 Å². The summed E-state index contributed by atoms with van der Waals surface area (Å²) < 4.78 is 1.96. The normalized spacial score (nSPS) is 11.3. The lowest BCUT2D eigenvalue weighted by Crippen LogP contribution is -2.43. The summed E-state index contributed by atoms with van der Waals surface area (Å²) in [5.41, 5.74) is 2.31. The smallest absolute Gasteiger partial charge is 0.251 e. The molecule has 0 saturated carbocycles. The Hall–Kier alpha value is -2.86. The molecule has 1 aromatic heterocycles. The molecular formula is C24H29ClN4O2. The maximum absolute atomic E-state index is 13.1. The van der Waals surface area contributed by atoms with Gasteiger partial charge in [0, 0.05) is 35.6 Å². The van der Waals surface area contributed by atoms with Crippen molar-refractivity contribution in [1.29, 1.82) is 0 Å². The van der Waals surface area contributed by atoms with Gasteiger partial charge in [0.05, 0.1) is 11.0 Å². The van der Waals surface area contributed by atoms with E-state index in [-0.39, 0.29) is 30.4 Å². The highest BCUT2D eigenvalue weighted by atomic mass is 35.5. The van der Waals surface area contributed by atoms with E-state index in [9.17, 15) is 9.59 Å². The van der Waals surface area contributed by atoms with Gasteiger partial charge in [-0.05, 0) is 64.1 Å². The molecule has 1 heterocycles. The summed E-state index contributed by atoms with van der Waals surface area (Å²) in [5.74, 6) is 0.666. The van der Waals surface area contributed by atoms with Crippen molar-refractivity contribution >= 4 is 34.4 Å². The van der Waals surface area contributed by atoms with Crippen LogP contribution < -0.4 is 5.32 Å². The second kappa shape index (κ2) is 9.96. The average molecular weight is 441 g/mol. The first-order chi connectivity index (χ1) is 14.8. The Morgan fingerprint density at radius 1 is 1.03 bits per heavy atom. The lowest BCUT2D eigenvalue weighted by Gasteiger charge is -2.31. The molecule has 0 aliphatic heterocycles. The zero-order chi connectivity index (χ0) is 22.5. The number of amides is 2. The molecular weight excluding hydrogens is 412 g/mol. The molecule has 0 spiro atoms. The molecule has 0 unspecified atom stereocenters. The Balaban J connectivity index is 1.76. The summed E-state index contributed by atoms with van der Waals surface area (Å²) in [6.45, 7) is 8.73.